The molecule has 1 aliphatic rings. The van der Waals surface area contributed by atoms with Crippen LogP contribution in [0.5, 0.6) is 0 Å². The molecule has 0 heterocycles. The van der Waals surface area contributed by atoms with E-state index >= 15 is 0 Å². The predicted octanol–water partition coefficient (Wildman–Crippen LogP) is 4.72. The fraction of sp³-hybridized carbons (Fsp3) is 0.176. The molecule has 0 bridgehead atoms. The smallest absolute Gasteiger partial charge is 0.0292 e. The molecule has 0 fully saturated rings. The van der Waals surface area contributed by atoms with E-state index in [1.807, 2.05) is 0 Å². The van der Waals surface area contributed by atoms with Crippen LogP contribution in [-0.4, -0.2) is 6.54 Å². The molecule has 2 aromatic carbocycles. The lowest BCUT2D eigenvalue weighted by Gasteiger charge is -2.22. The number of azide groups is 1. The third-order valence-corrected chi connectivity index (χ3v) is 3.64. The van der Waals surface area contributed by atoms with Crippen LogP contribution in [0.3, 0.4) is 0 Å². The highest BCUT2D eigenvalue weighted by molar-refractivity contribution is 5.85. The molecular formula is C17H15N3. The van der Waals surface area contributed by atoms with Crippen molar-refractivity contribution in [3.05, 3.63) is 87.3 Å². The Morgan fingerprint density at radius 1 is 1.00 bits per heavy atom. The number of hydrogen-bond donors (Lipinski definition) is 0. The molecule has 0 saturated carbocycles. The zero-order valence-electron chi connectivity index (χ0n) is 11.2. The van der Waals surface area contributed by atoms with Gasteiger partial charge in [-0.1, -0.05) is 59.7 Å². The molecule has 0 spiro atoms. The summed E-state index contributed by atoms with van der Waals surface area (Å²) in [5.74, 6) is 0. The molecule has 0 radical (unpaired) electrons. The maximum atomic E-state index is 8.36. The van der Waals surface area contributed by atoms with Crippen LogP contribution in [0.25, 0.3) is 16.0 Å². The van der Waals surface area contributed by atoms with Crippen molar-refractivity contribution in [3.8, 4) is 0 Å². The normalized spacial score (nSPS) is 12.1. The van der Waals surface area contributed by atoms with Crippen molar-refractivity contribution in [3.63, 3.8) is 0 Å². The van der Waals surface area contributed by atoms with Crippen molar-refractivity contribution in [2.75, 3.05) is 6.54 Å². The Balaban J connectivity index is 2.05. The maximum Gasteiger partial charge on any atom is 0.0292 e. The lowest BCUT2D eigenvalue weighted by Crippen LogP contribution is -2.06. The van der Waals surface area contributed by atoms with Gasteiger partial charge in [-0.25, -0.2) is 0 Å². The third-order valence-electron chi connectivity index (χ3n) is 3.64. The van der Waals surface area contributed by atoms with E-state index < -0.39 is 0 Å². The van der Waals surface area contributed by atoms with E-state index in [0.717, 1.165) is 12.8 Å². The predicted molar refractivity (Wildman–Crippen MR) is 81.4 cm³/mol. The Morgan fingerprint density at radius 2 is 1.60 bits per heavy atom. The number of fused-ring (bicyclic) bond motifs is 2. The van der Waals surface area contributed by atoms with Crippen LogP contribution in [0.2, 0.25) is 0 Å². The van der Waals surface area contributed by atoms with Gasteiger partial charge in [-0.3, -0.25) is 0 Å². The summed E-state index contributed by atoms with van der Waals surface area (Å²) < 4.78 is 0. The molecular weight excluding hydrogens is 246 g/mol. The summed E-state index contributed by atoms with van der Waals surface area (Å²) in [6.07, 6.45) is 3.94. The molecule has 0 unspecified atom stereocenters. The fourth-order valence-electron chi connectivity index (χ4n) is 2.76. The Labute approximate surface area is 118 Å². The van der Waals surface area contributed by atoms with E-state index in [9.17, 15) is 0 Å². The summed E-state index contributed by atoms with van der Waals surface area (Å²) in [6.45, 7) is 0.504. The average Bonchev–Trinajstić information content (AvgIpc) is 2.50. The largest absolute Gasteiger partial charge is 0.0937 e. The Hall–Kier alpha value is -2.51. The first kappa shape index (κ1) is 12.5. The second-order valence-corrected chi connectivity index (χ2v) is 4.85. The summed E-state index contributed by atoms with van der Waals surface area (Å²) >= 11 is 0. The number of hydrogen-bond acceptors (Lipinski definition) is 1. The van der Waals surface area contributed by atoms with E-state index in [1.54, 1.807) is 0 Å². The van der Waals surface area contributed by atoms with Gasteiger partial charge in [0.2, 0.25) is 0 Å². The van der Waals surface area contributed by atoms with E-state index in [4.69, 9.17) is 5.53 Å². The summed E-state index contributed by atoms with van der Waals surface area (Å²) in [7, 11) is 0. The zero-order valence-corrected chi connectivity index (χ0v) is 11.2. The number of rotatable bonds is 3. The molecule has 3 heteroatoms. The minimum Gasteiger partial charge on any atom is -0.0937 e. The Kier molecular flexibility index (Phi) is 3.53. The monoisotopic (exact) mass is 261 g/mol. The topological polar surface area (TPSA) is 48.8 Å². The van der Waals surface area contributed by atoms with Crippen molar-refractivity contribution in [2.45, 2.75) is 12.8 Å². The zero-order chi connectivity index (χ0) is 13.8. The Morgan fingerprint density at radius 3 is 2.20 bits per heavy atom. The molecule has 0 aromatic heterocycles. The van der Waals surface area contributed by atoms with Gasteiger partial charge >= 0.3 is 0 Å². The molecule has 98 valence electrons. The van der Waals surface area contributed by atoms with Gasteiger partial charge in [0.1, 0.15) is 0 Å². The third kappa shape index (κ3) is 2.31. The summed E-state index contributed by atoms with van der Waals surface area (Å²) in [5, 5.41) is 3.60. The molecule has 1 aliphatic carbocycles. The van der Waals surface area contributed by atoms with E-state index in [-0.39, 0.29) is 0 Å². The molecule has 0 N–H and O–H groups in total. The minimum absolute atomic E-state index is 0.504. The van der Waals surface area contributed by atoms with Crippen LogP contribution in [0.4, 0.5) is 0 Å². The van der Waals surface area contributed by atoms with Crippen molar-refractivity contribution in [1.82, 2.24) is 0 Å². The fourth-order valence-corrected chi connectivity index (χ4v) is 2.76. The van der Waals surface area contributed by atoms with Crippen molar-refractivity contribution in [1.29, 1.82) is 0 Å². The van der Waals surface area contributed by atoms with Gasteiger partial charge in [0.15, 0.2) is 0 Å². The standard InChI is InChI=1S/C17H15N3/c18-20-19-11-5-10-17-15-8-3-1-6-13(15)12-14-7-2-4-9-16(14)17/h1-4,6-10H,5,11-12H2. The molecule has 2 aromatic rings. The van der Waals surface area contributed by atoms with Gasteiger partial charge in [0.05, 0.1) is 0 Å². The van der Waals surface area contributed by atoms with Crippen molar-refractivity contribution < 1.29 is 0 Å². The summed E-state index contributed by atoms with van der Waals surface area (Å²) in [4.78, 5) is 2.80. The van der Waals surface area contributed by atoms with E-state index in [1.165, 1.54) is 27.8 Å². The van der Waals surface area contributed by atoms with Crippen LogP contribution >= 0.6 is 0 Å². The van der Waals surface area contributed by atoms with Crippen LogP contribution in [-0.2, 0) is 6.42 Å². The van der Waals surface area contributed by atoms with Gasteiger partial charge in [0.25, 0.3) is 0 Å². The SMILES string of the molecule is [N-]=[N+]=NCCC=C1c2ccccc2Cc2ccccc21. The van der Waals surface area contributed by atoms with Gasteiger partial charge in [-0.15, -0.1) is 0 Å². The molecule has 3 nitrogen and oxygen atoms in total. The average molecular weight is 261 g/mol. The van der Waals surface area contributed by atoms with Gasteiger partial charge in [0, 0.05) is 11.5 Å². The highest BCUT2D eigenvalue weighted by Crippen LogP contribution is 2.35. The molecule has 20 heavy (non-hydrogen) atoms. The van der Waals surface area contributed by atoms with Crippen molar-refractivity contribution in [2.24, 2.45) is 5.11 Å². The maximum absolute atomic E-state index is 8.36. The highest BCUT2D eigenvalue weighted by atomic mass is 15.1. The first-order chi connectivity index (χ1) is 9.90. The molecule has 0 atom stereocenters. The van der Waals surface area contributed by atoms with Crippen LogP contribution < -0.4 is 0 Å². The molecule has 0 aliphatic heterocycles. The second-order valence-electron chi connectivity index (χ2n) is 4.85. The lowest BCUT2D eigenvalue weighted by atomic mass is 9.82. The van der Waals surface area contributed by atoms with Crippen LogP contribution in [0.15, 0.2) is 59.7 Å². The van der Waals surface area contributed by atoms with Crippen molar-refractivity contribution >= 4 is 5.57 Å². The first-order valence-corrected chi connectivity index (χ1v) is 6.77. The van der Waals surface area contributed by atoms with Gasteiger partial charge < -0.3 is 0 Å². The minimum atomic E-state index is 0.504. The lowest BCUT2D eigenvalue weighted by molar-refractivity contribution is 0.990. The quantitative estimate of drug-likeness (QED) is 0.283. The summed E-state index contributed by atoms with van der Waals surface area (Å²) in [6, 6.07) is 17.0. The highest BCUT2D eigenvalue weighted by Gasteiger charge is 2.18. The molecule has 0 saturated heterocycles. The molecule has 3 rings (SSSR count). The van der Waals surface area contributed by atoms with Crippen LogP contribution in [0.1, 0.15) is 28.7 Å². The van der Waals surface area contributed by atoms with E-state index in [0.29, 0.717) is 6.54 Å². The van der Waals surface area contributed by atoms with Crippen LogP contribution in [0, 0.1) is 0 Å². The first-order valence-electron chi connectivity index (χ1n) is 6.77. The second kappa shape index (κ2) is 5.64. The number of nitrogens with zero attached hydrogens (tertiary/aromatic N) is 3. The number of benzene rings is 2. The summed E-state index contributed by atoms with van der Waals surface area (Å²) in [5.41, 5.74) is 14.9. The molecule has 0 amide bonds. The Bertz CT molecular complexity index is 662. The van der Waals surface area contributed by atoms with Gasteiger partial charge in [-0.2, -0.15) is 0 Å². The van der Waals surface area contributed by atoms with E-state index in [2.05, 4.69) is 64.6 Å². The van der Waals surface area contributed by atoms with Gasteiger partial charge in [-0.05, 0) is 46.2 Å².